The average molecular weight is 417 g/mol. The quantitative estimate of drug-likeness (QED) is 0.769. The van der Waals surface area contributed by atoms with Gasteiger partial charge < -0.3 is 9.52 Å². The third-order valence-electron chi connectivity index (χ3n) is 1.92. The van der Waals surface area contributed by atoms with Crippen LogP contribution in [-0.4, -0.2) is 5.11 Å². The van der Waals surface area contributed by atoms with Crippen molar-refractivity contribution in [2.45, 2.75) is 6.10 Å². The van der Waals surface area contributed by atoms with E-state index in [1.54, 1.807) is 6.07 Å². The predicted molar refractivity (Wildman–Crippen MR) is 70.2 cm³/mol. The standard InChI is InChI=1S/C9H5Br3O2S/c10-6-3-5(9(12)15-6)7(13)4-1-2-14-8(4)11/h1-3,7,13H. The van der Waals surface area contributed by atoms with Crippen LogP contribution >= 0.6 is 59.1 Å². The molecule has 2 aromatic rings. The van der Waals surface area contributed by atoms with Gasteiger partial charge in [0.05, 0.1) is 13.8 Å². The number of aliphatic hydroxyl groups is 1. The molecule has 0 bridgehead atoms. The molecule has 1 unspecified atom stereocenters. The highest BCUT2D eigenvalue weighted by Crippen LogP contribution is 2.39. The fourth-order valence-electron chi connectivity index (χ4n) is 1.21. The maximum atomic E-state index is 10.1. The summed E-state index contributed by atoms with van der Waals surface area (Å²) in [6, 6.07) is 3.63. The summed E-state index contributed by atoms with van der Waals surface area (Å²) in [5, 5.41) is 10.1. The van der Waals surface area contributed by atoms with Gasteiger partial charge in [0.15, 0.2) is 4.67 Å². The monoisotopic (exact) mass is 414 g/mol. The molecule has 2 aromatic heterocycles. The van der Waals surface area contributed by atoms with Crippen LogP contribution in [-0.2, 0) is 0 Å². The summed E-state index contributed by atoms with van der Waals surface area (Å²) in [6.07, 6.45) is 0.854. The molecule has 0 radical (unpaired) electrons. The van der Waals surface area contributed by atoms with Gasteiger partial charge in [0.2, 0.25) is 0 Å². The minimum Gasteiger partial charge on any atom is -0.457 e. The summed E-state index contributed by atoms with van der Waals surface area (Å²) in [4.78, 5) is 0. The number of halogens is 3. The van der Waals surface area contributed by atoms with Crippen molar-refractivity contribution in [1.29, 1.82) is 0 Å². The van der Waals surface area contributed by atoms with Crippen LogP contribution in [0.1, 0.15) is 17.2 Å². The summed E-state index contributed by atoms with van der Waals surface area (Å²) in [7, 11) is 0. The van der Waals surface area contributed by atoms with Gasteiger partial charge in [0, 0.05) is 11.1 Å². The van der Waals surface area contributed by atoms with Crippen molar-refractivity contribution < 1.29 is 9.52 Å². The van der Waals surface area contributed by atoms with E-state index in [-0.39, 0.29) is 0 Å². The van der Waals surface area contributed by atoms with Crippen molar-refractivity contribution in [2.24, 2.45) is 0 Å². The molecule has 0 amide bonds. The summed E-state index contributed by atoms with van der Waals surface area (Å²) in [5.41, 5.74) is 1.55. The fraction of sp³-hybridized carbons (Fsp3) is 0.111. The van der Waals surface area contributed by atoms with Crippen molar-refractivity contribution in [3.05, 3.63) is 41.8 Å². The molecule has 6 heteroatoms. The second-order valence-electron chi connectivity index (χ2n) is 2.83. The lowest BCUT2D eigenvalue weighted by Gasteiger charge is -2.07. The molecular weight excluding hydrogens is 412 g/mol. The summed E-state index contributed by atoms with van der Waals surface area (Å²) in [6.45, 7) is 0. The Labute approximate surface area is 116 Å². The Kier molecular flexibility index (Phi) is 3.72. The number of rotatable bonds is 2. The van der Waals surface area contributed by atoms with Gasteiger partial charge in [-0.2, -0.15) is 0 Å². The Balaban J connectivity index is 2.40. The van der Waals surface area contributed by atoms with E-state index in [1.807, 2.05) is 6.07 Å². The van der Waals surface area contributed by atoms with Crippen LogP contribution in [0.4, 0.5) is 0 Å². The minimum atomic E-state index is -0.685. The summed E-state index contributed by atoms with van der Waals surface area (Å²) < 4.78 is 7.53. The lowest BCUT2D eigenvalue weighted by molar-refractivity contribution is 0.217. The molecule has 0 saturated heterocycles. The molecule has 0 fully saturated rings. The van der Waals surface area contributed by atoms with E-state index >= 15 is 0 Å². The van der Waals surface area contributed by atoms with Gasteiger partial charge in [-0.25, -0.2) is 0 Å². The minimum absolute atomic E-state index is 0.559. The molecule has 0 spiro atoms. The lowest BCUT2D eigenvalue weighted by atomic mass is 10.1. The molecule has 0 aliphatic heterocycles. The molecule has 80 valence electrons. The molecule has 0 aliphatic carbocycles. The summed E-state index contributed by atoms with van der Waals surface area (Å²) >= 11 is 11.6. The Morgan fingerprint density at radius 1 is 1.27 bits per heavy atom. The van der Waals surface area contributed by atoms with E-state index in [0.717, 1.165) is 18.7 Å². The zero-order chi connectivity index (χ0) is 11.0. The second-order valence-corrected chi connectivity index (χ2v) is 7.30. The zero-order valence-electron chi connectivity index (χ0n) is 7.21. The first-order chi connectivity index (χ1) is 7.09. The van der Waals surface area contributed by atoms with E-state index in [4.69, 9.17) is 4.42 Å². The molecule has 1 N–H and O–H groups in total. The van der Waals surface area contributed by atoms with Crippen molar-refractivity contribution in [3.63, 3.8) is 0 Å². The molecule has 0 saturated carbocycles. The van der Waals surface area contributed by atoms with Crippen molar-refractivity contribution in [3.8, 4) is 0 Å². The van der Waals surface area contributed by atoms with Gasteiger partial charge in [-0.3, -0.25) is 0 Å². The van der Waals surface area contributed by atoms with E-state index in [2.05, 4.69) is 47.8 Å². The second kappa shape index (κ2) is 4.71. The number of thiophene rings is 1. The van der Waals surface area contributed by atoms with Gasteiger partial charge in [-0.05, 0) is 59.9 Å². The van der Waals surface area contributed by atoms with Gasteiger partial charge in [0.1, 0.15) is 6.10 Å². The molecule has 0 aromatic carbocycles. The lowest BCUT2D eigenvalue weighted by Crippen LogP contribution is -1.97. The first-order valence-corrected chi connectivity index (χ1v) is 7.15. The SMILES string of the molecule is OC(c1ccoc1Br)c1cc(Br)sc1Br. The van der Waals surface area contributed by atoms with Crippen LogP contribution in [0.25, 0.3) is 0 Å². The van der Waals surface area contributed by atoms with E-state index in [9.17, 15) is 5.11 Å². The number of furan rings is 1. The zero-order valence-corrected chi connectivity index (χ0v) is 12.8. The maximum absolute atomic E-state index is 10.1. The third kappa shape index (κ3) is 2.39. The van der Waals surface area contributed by atoms with Crippen LogP contribution in [0.15, 0.2) is 35.1 Å². The Hall–Kier alpha value is 0.380. The highest BCUT2D eigenvalue weighted by molar-refractivity contribution is 9.12. The molecule has 1 atom stereocenters. The Morgan fingerprint density at radius 2 is 2.00 bits per heavy atom. The van der Waals surface area contributed by atoms with Crippen LogP contribution in [0.2, 0.25) is 0 Å². The van der Waals surface area contributed by atoms with Gasteiger partial charge in [-0.1, -0.05) is 0 Å². The Morgan fingerprint density at radius 3 is 2.47 bits per heavy atom. The first kappa shape index (κ1) is 11.9. The molecule has 2 rings (SSSR count). The topological polar surface area (TPSA) is 33.4 Å². The number of hydrogen-bond donors (Lipinski definition) is 1. The Bertz CT molecular complexity index is 477. The van der Waals surface area contributed by atoms with Crippen LogP contribution in [0.5, 0.6) is 0 Å². The smallest absolute Gasteiger partial charge is 0.175 e. The fourth-order valence-corrected chi connectivity index (χ4v) is 4.55. The van der Waals surface area contributed by atoms with Crippen molar-refractivity contribution in [2.75, 3.05) is 0 Å². The molecule has 0 aliphatic rings. The van der Waals surface area contributed by atoms with Crippen molar-refractivity contribution >= 4 is 59.1 Å². The van der Waals surface area contributed by atoms with Crippen LogP contribution in [0, 0.1) is 0 Å². The van der Waals surface area contributed by atoms with E-state index in [1.165, 1.54) is 17.6 Å². The van der Waals surface area contributed by atoms with Crippen LogP contribution in [0.3, 0.4) is 0 Å². The molecule has 15 heavy (non-hydrogen) atoms. The number of aliphatic hydroxyl groups excluding tert-OH is 1. The maximum Gasteiger partial charge on any atom is 0.175 e. The molecular formula is C9H5Br3O2S. The van der Waals surface area contributed by atoms with E-state index < -0.39 is 6.10 Å². The average Bonchev–Trinajstić information content (AvgIpc) is 2.71. The van der Waals surface area contributed by atoms with Gasteiger partial charge in [0.25, 0.3) is 0 Å². The van der Waals surface area contributed by atoms with Gasteiger partial charge in [-0.15, -0.1) is 11.3 Å². The van der Waals surface area contributed by atoms with Crippen molar-refractivity contribution in [1.82, 2.24) is 0 Å². The first-order valence-electron chi connectivity index (χ1n) is 3.95. The van der Waals surface area contributed by atoms with E-state index in [0.29, 0.717) is 4.67 Å². The predicted octanol–water partition coefficient (Wildman–Crippen LogP) is 4.71. The summed E-state index contributed by atoms with van der Waals surface area (Å²) in [5.74, 6) is 0. The highest BCUT2D eigenvalue weighted by atomic mass is 79.9. The highest BCUT2D eigenvalue weighted by Gasteiger charge is 2.20. The number of hydrogen-bond acceptors (Lipinski definition) is 3. The normalized spacial score (nSPS) is 13.1. The molecule has 2 heterocycles. The molecule has 2 nitrogen and oxygen atoms in total. The largest absolute Gasteiger partial charge is 0.457 e. The third-order valence-corrected chi connectivity index (χ3v) is 4.95. The van der Waals surface area contributed by atoms with Crippen LogP contribution < -0.4 is 0 Å². The van der Waals surface area contributed by atoms with Gasteiger partial charge >= 0.3 is 0 Å².